The lowest BCUT2D eigenvalue weighted by atomic mass is 9.93. The van der Waals surface area contributed by atoms with Crippen LogP contribution >= 0.6 is 0 Å². The Balaban J connectivity index is 1.68. The number of rotatable bonds is 3. The van der Waals surface area contributed by atoms with Crippen molar-refractivity contribution < 1.29 is 14.3 Å². The number of hydrogen-bond acceptors (Lipinski definition) is 4. The first-order chi connectivity index (χ1) is 12.5. The van der Waals surface area contributed by atoms with Crippen molar-refractivity contribution in [3.8, 4) is 0 Å². The third-order valence-corrected chi connectivity index (χ3v) is 5.10. The van der Waals surface area contributed by atoms with E-state index in [0.717, 1.165) is 11.3 Å². The first kappa shape index (κ1) is 19.2. The van der Waals surface area contributed by atoms with Gasteiger partial charge in [-0.1, -0.05) is 6.07 Å². The number of carbonyl (C=O) groups excluding carboxylic acids is 2. The number of carbonyl (C=O) groups is 2. The van der Waals surface area contributed by atoms with Crippen LogP contribution in [0.2, 0.25) is 0 Å². The molecule has 2 aromatic rings. The SMILES string of the molecule is CN(C(=O)C1CN(C(=O)OC(C)(C)C)C1)C(C)(C)c1cnc2ccccn12. The molecule has 0 aromatic carbocycles. The van der Waals surface area contributed by atoms with Gasteiger partial charge in [0.2, 0.25) is 5.91 Å². The summed E-state index contributed by atoms with van der Waals surface area (Å²) in [6, 6.07) is 5.82. The Morgan fingerprint density at radius 2 is 1.85 bits per heavy atom. The van der Waals surface area contributed by atoms with Crippen molar-refractivity contribution in [2.75, 3.05) is 20.1 Å². The van der Waals surface area contributed by atoms with Gasteiger partial charge in [0.25, 0.3) is 0 Å². The van der Waals surface area contributed by atoms with E-state index in [9.17, 15) is 9.59 Å². The third kappa shape index (κ3) is 3.63. The Morgan fingerprint density at radius 3 is 2.48 bits per heavy atom. The maximum absolute atomic E-state index is 13.0. The van der Waals surface area contributed by atoms with E-state index in [1.54, 1.807) is 16.8 Å². The summed E-state index contributed by atoms with van der Waals surface area (Å²) in [6.45, 7) is 10.3. The Bertz CT molecular complexity index is 859. The maximum Gasteiger partial charge on any atom is 0.410 e. The highest BCUT2D eigenvalue weighted by Gasteiger charge is 2.42. The summed E-state index contributed by atoms with van der Waals surface area (Å²) in [5, 5.41) is 0. The van der Waals surface area contributed by atoms with Crippen LogP contribution in [-0.4, -0.2) is 56.9 Å². The van der Waals surface area contributed by atoms with E-state index in [1.807, 2.05) is 69.6 Å². The number of ether oxygens (including phenoxy) is 1. The first-order valence-electron chi connectivity index (χ1n) is 9.19. The molecule has 1 aliphatic heterocycles. The topological polar surface area (TPSA) is 67.2 Å². The normalized spacial score (nSPS) is 15.6. The van der Waals surface area contributed by atoms with Crippen molar-refractivity contribution in [2.24, 2.45) is 5.92 Å². The number of imidazole rings is 1. The van der Waals surface area contributed by atoms with Gasteiger partial charge in [-0.15, -0.1) is 0 Å². The van der Waals surface area contributed by atoms with Gasteiger partial charge in [-0.05, 0) is 46.8 Å². The fourth-order valence-electron chi connectivity index (χ4n) is 3.22. The van der Waals surface area contributed by atoms with E-state index in [1.165, 1.54) is 0 Å². The molecule has 0 saturated carbocycles. The number of likely N-dealkylation sites (tertiary alicyclic amines) is 1. The summed E-state index contributed by atoms with van der Waals surface area (Å²) in [6.07, 6.45) is 3.40. The Morgan fingerprint density at radius 1 is 1.19 bits per heavy atom. The van der Waals surface area contributed by atoms with E-state index >= 15 is 0 Å². The second-order valence-corrected chi connectivity index (χ2v) is 8.61. The van der Waals surface area contributed by atoms with Gasteiger partial charge in [0.05, 0.1) is 23.3 Å². The molecule has 1 aliphatic rings. The number of pyridine rings is 1. The molecule has 2 aromatic heterocycles. The summed E-state index contributed by atoms with van der Waals surface area (Å²) >= 11 is 0. The van der Waals surface area contributed by atoms with Crippen LogP contribution in [0.1, 0.15) is 40.3 Å². The first-order valence-corrected chi connectivity index (χ1v) is 9.19. The second kappa shape index (κ2) is 6.55. The van der Waals surface area contributed by atoms with Crippen LogP contribution < -0.4 is 0 Å². The van der Waals surface area contributed by atoms with Crippen molar-refractivity contribution in [2.45, 2.75) is 45.8 Å². The molecule has 0 atom stereocenters. The molecule has 0 radical (unpaired) electrons. The van der Waals surface area contributed by atoms with Gasteiger partial charge in [-0.25, -0.2) is 9.78 Å². The number of aromatic nitrogens is 2. The average molecular weight is 372 g/mol. The summed E-state index contributed by atoms with van der Waals surface area (Å²) in [7, 11) is 1.81. The van der Waals surface area contributed by atoms with Gasteiger partial charge in [-0.2, -0.15) is 0 Å². The van der Waals surface area contributed by atoms with E-state index in [4.69, 9.17) is 4.74 Å². The molecule has 3 heterocycles. The van der Waals surface area contributed by atoms with Crippen molar-refractivity contribution in [1.82, 2.24) is 19.2 Å². The van der Waals surface area contributed by atoms with Crippen molar-refractivity contribution in [3.63, 3.8) is 0 Å². The standard InChI is InChI=1S/C20H28N4O3/c1-19(2,3)27-18(26)23-12-14(13-23)17(25)22(6)20(4,5)15-11-21-16-9-7-8-10-24(15)16/h7-11,14H,12-13H2,1-6H3. The summed E-state index contributed by atoms with van der Waals surface area (Å²) in [5.41, 5.74) is 0.719. The smallest absolute Gasteiger partial charge is 0.410 e. The highest BCUT2D eigenvalue weighted by molar-refractivity contribution is 5.83. The van der Waals surface area contributed by atoms with Gasteiger partial charge in [-0.3, -0.25) is 4.79 Å². The van der Waals surface area contributed by atoms with Gasteiger partial charge in [0.1, 0.15) is 11.2 Å². The largest absolute Gasteiger partial charge is 0.444 e. The van der Waals surface area contributed by atoms with E-state index in [0.29, 0.717) is 13.1 Å². The average Bonchev–Trinajstić information content (AvgIpc) is 2.95. The molecule has 7 heteroatoms. The predicted molar refractivity (Wildman–Crippen MR) is 102 cm³/mol. The van der Waals surface area contributed by atoms with Gasteiger partial charge >= 0.3 is 6.09 Å². The summed E-state index contributed by atoms with van der Waals surface area (Å²) in [5.74, 6) is -0.188. The Hall–Kier alpha value is -2.57. The van der Waals surface area contributed by atoms with E-state index in [2.05, 4.69) is 4.98 Å². The molecule has 1 saturated heterocycles. The maximum atomic E-state index is 13.0. The molecule has 27 heavy (non-hydrogen) atoms. The monoisotopic (exact) mass is 372 g/mol. The lowest BCUT2D eigenvalue weighted by Gasteiger charge is -2.43. The van der Waals surface area contributed by atoms with Crippen LogP contribution in [0.3, 0.4) is 0 Å². The minimum atomic E-state index is -0.538. The minimum absolute atomic E-state index is 0.0192. The minimum Gasteiger partial charge on any atom is -0.444 e. The quantitative estimate of drug-likeness (QED) is 0.831. The molecule has 146 valence electrons. The lowest BCUT2D eigenvalue weighted by molar-refractivity contribution is -0.144. The highest BCUT2D eigenvalue weighted by atomic mass is 16.6. The highest BCUT2D eigenvalue weighted by Crippen LogP contribution is 2.30. The van der Waals surface area contributed by atoms with Crippen LogP contribution in [0.5, 0.6) is 0 Å². The fourth-order valence-corrected chi connectivity index (χ4v) is 3.22. The van der Waals surface area contributed by atoms with Gasteiger partial charge in [0, 0.05) is 26.3 Å². The van der Waals surface area contributed by atoms with Crippen LogP contribution in [0.25, 0.3) is 5.65 Å². The zero-order valence-electron chi connectivity index (χ0n) is 16.9. The third-order valence-electron chi connectivity index (χ3n) is 5.10. The zero-order valence-corrected chi connectivity index (χ0v) is 16.9. The molecule has 0 unspecified atom stereocenters. The zero-order chi connectivity index (χ0) is 20.0. The predicted octanol–water partition coefficient (Wildman–Crippen LogP) is 2.89. The lowest BCUT2D eigenvalue weighted by Crippen LogP contribution is -2.59. The molecule has 0 N–H and O–H groups in total. The number of amides is 2. The van der Waals surface area contributed by atoms with Crippen LogP contribution in [-0.2, 0) is 15.1 Å². The van der Waals surface area contributed by atoms with Gasteiger partial charge < -0.3 is 18.9 Å². The number of hydrogen-bond donors (Lipinski definition) is 0. The van der Waals surface area contributed by atoms with E-state index in [-0.39, 0.29) is 17.9 Å². The molecule has 7 nitrogen and oxygen atoms in total. The molecule has 0 spiro atoms. The van der Waals surface area contributed by atoms with Gasteiger partial charge in [0.15, 0.2) is 0 Å². The Kier molecular flexibility index (Phi) is 4.66. The number of fused-ring (bicyclic) bond motifs is 1. The molecular weight excluding hydrogens is 344 g/mol. The fraction of sp³-hybridized carbons (Fsp3) is 0.550. The summed E-state index contributed by atoms with van der Waals surface area (Å²) in [4.78, 5) is 32.8. The molecule has 1 fully saturated rings. The van der Waals surface area contributed by atoms with Crippen molar-refractivity contribution in [1.29, 1.82) is 0 Å². The molecule has 0 aliphatic carbocycles. The second-order valence-electron chi connectivity index (χ2n) is 8.61. The molecular formula is C20H28N4O3. The van der Waals surface area contributed by atoms with E-state index < -0.39 is 11.1 Å². The molecule has 3 rings (SSSR count). The van der Waals surface area contributed by atoms with Crippen LogP contribution in [0.4, 0.5) is 4.79 Å². The Labute approximate surface area is 159 Å². The van der Waals surface area contributed by atoms with Crippen LogP contribution in [0.15, 0.2) is 30.6 Å². The van der Waals surface area contributed by atoms with Crippen molar-refractivity contribution >= 4 is 17.6 Å². The van der Waals surface area contributed by atoms with Crippen LogP contribution in [0, 0.1) is 5.92 Å². The summed E-state index contributed by atoms with van der Waals surface area (Å²) < 4.78 is 7.35. The number of nitrogens with zero attached hydrogens (tertiary/aromatic N) is 4. The molecule has 0 bridgehead atoms. The van der Waals surface area contributed by atoms with Crippen molar-refractivity contribution in [3.05, 3.63) is 36.3 Å². The molecule has 2 amide bonds.